The minimum Gasteiger partial charge on any atom is -0.324 e. The Kier molecular flexibility index (Phi) is 5.22. The number of para-hydroxylation sites is 1. The van der Waals surface area contributed by atoms with E-state index in [0.717, 1.165) is 11.1 Å². The highest BCUT2D eigenvalue weighted by molar-refractivity contribution is 5.91. The summed E-state index contributed by atoms with van der Waals surface area (Å²) in [7, 11) is 0. The summed E-state index contributed by atoms with van der Waals surface area (Å²) in [6, 6.07) is 5.29. The molecule has 1 aromatic rings. The number of hydrogen-bond acceptors (Lipinski definition) is 1. The Morgan fingerprint density at radius 3 is 2.65 bits per heavy atom. The molecule has 1 aliphatic rings. The molecule has 1 fully saturated rings. The van der Waals surface area contributed by atoms with E-state index >= 15 is 0 Å². The van der Waals surface area contributed by atoms with Gasteiger partial charge in [-0.05, 0) is 36.8 Å². The van der Waals surface area contributed by atoms with Gasteiger partial charge in [-0.3, -0.25) is 0 Å². The molecule has 0 aliphatic carbocycles. The van der Waals surface area contributed by atoms with Crippen molar-refractivity contribution in [1.29, 1.82) is 0 Å². The van der Waals surface area contributed by atoms with Gasteiger partial charge in [-0.2, -0.15) is 13.2 Å². The van der Waals surface area contributed by atoms with Crippen molar-refractivity contribution in [3.63, 3.8) is 0 Å². The molecule has 0 spiro atoms. The summed E-state index contributed by atoms with van der Waals surface area (Å²) < 4.78 is 38.6. The highest BCUT2D eigenvalue weighted by atomic mass is 19.4. The van der Waals surface area contributed by atoms with E-state index in [1.165, 1.54) is 4.90 Å². The van der Waals surface area contributed by atoms with Gasteiger partial charge in [-0.1, -0.05) is 32.0 Å². The fourth-order valence-electron chi connectivity index (χ4n) is 2.96. The summed E-state index contributed by atoms with van der Waals surface area (Å²) in [6.07, 6.45) is -3.78. The highest BCUT2D eigenvalue weighted by Crippen LogP contribution is 2.34. The molecule has 0 unspecified atom stereocenters. The zero-order chi connectivity index (χ0) is 17.2. The lowest BCUT2D eigenvalue weighted by Crippen LogP contribution is -2.46. The zero-order valence-corrected chi connectivity index (χ0v) is 13.7. The van der Waals surface area contributed by atoms with Crippen LogP contribution in [0, 0.1) is 12.8 Å². The van der Waals surface area contributed by atoms with Crippen LogP contribution in [0.3, 0.4) is 0 Å². The fourth-order valence-corrected chi connectivity index (χ4v) is 2.96. The Morgan fingerprint density at radius 2 is 2.04 bits per heavy atom. The third kappa shape index (κ3) is 4.18. The number of carbonyl (C=O) groups is 1. The van der Waals surface area contributed by atoms with Crippen LogP contribution in [-0.4, -0.2) is 30.2 Å². The summed E-state index contributed by atoms with van der Waals surface area (Å²) in [4.78, 5) is 13.7. The molecule has 6 heteroatoms. The van der Waals surface area contributed by atoms with Crippen LogP contribution in [-0.2, 0) is 0 Å². The van der Waals surface area contributed by atoms with Gasteiger partial charge in [0.25, 0.3) is 0 Å². The first-order valence-electron chi connectivity index (χ1n) is 7.92. The van der Waals surface area contributed by atoms with Crippen LogP contribution in [0.2, 0.25) is 0 Å². The van der Waals surface area contributed by atoms with E-state index in [-0.39, 0.29) is 18.9 Å². The molecular weight excluding hydrogens is 305 g/mol. The summed E-state index contributed by atoms with van der Waals surface area (Å²) in [5.41, 5.74) is 2.61. The molecule has 3 nitrogen and oxygen atoms in total. The van der Waals surface area contributed by atoms with E-state index in [1.807, 2.05) is 39.0 Å². The van der Waals surface area contributed by atoms with Crippen LogP contribution >= 0.6 is 0 Å². The Labute approximate surface area is 134 Å². The largest absolute Gasteiger partial charge is 0.393 e. The molecule has 1 heterocycles. The second-order valence-electron chi connectivity index (χ2n) is 6.45. The Hall–Kier alpha value is -1.72. The van der Waals surface area contributed by atoms with Crippen LogP contribution in [0.15, 0.2) is 18.2 Å². The fraction of sp³-hybridized carbons (Fsp3) is 0.588. The van der Waals surface area contributed by atoms with Gasteiger partial charge in [0.2, 0.25) is 0 Å². The van der Waals surface area contributed by atoms with Crippen LogP contribution in [0.25, 0.3) is 0 Å². The van der Waals surface area contributed by atoms with Crippen molar-refractivity contribution < 1.29 is 18.0 Å². The molecule has 1 saturated heterocycles. The van der Waals surface area contributed by atoms with E-state index in [4.69, 9.17) is 0 Å². The maximum Gasteiger partial charge on any atom is 0.393 e. The second-order valence-corrected chi connectivity index (χ2v) is 6.45. The van der Waals surface area contributed by atoms with Crippen LogP contribution in [0.5, 0.6) is 0 Å². The lowest BCUT2D eigenvalue weighted by molar-refractivity contribution is -0.183. The van der Waals surface area contributed by atoms with Gasteiger partial charge in [0.15, 0.2) is 0 Å². The average Bonchev–Trinajstić information content (AvgIpc) is 2.48. The smallest absolute Gasteiger partial charge is 0.324 e. The number of nitrogens with zero attached hydrogens (tertiary/aromatic N) is 1. The number of carbonyl (C=O) groups excluding carboxylic acids is 1. The molecule has 0 radical (unpaired) electrons. The predicted octanol–water partition coefficient (Wildman–Crippen LogP) is 4.92. The van der Waals surface area contributed by atoms with Gasteiger partial charge in [-0.15, -0.1) is 0 Å². The number of alkyl halides is 3. The summed E-state index contributed by atoms with van der Waals surface area (Å²) in [5, 5.41) is 2.82. The first-order valence-corrected chi connectivity index (χ1v) is 7.92. The normalized spacial score (nSPS) is 19.1. The summed E-state index contributed by atoms with van der Waals surface area (Å²) in [6.45, 7) is 6.02. The SMILES string of the molecule is Cc1cccc(C(C)C)c1NC(=O)N1CCC[C@@H](C(F)(F)F)C1. The predicted molar refractivity (Wildman–Crippen MR) is 84.6 cm³/mol. The number of likely N-dealkylation sites (tertiary alicyclic amines) is 1. The van der Waals surface area contributed by atoms with Gasteiger partial charge in [0.1, 0.15) is 0 Å². The number of amides is 2. The number of hydrogen-bond donors (Lipinski definition) is 1. The van der Waals surface area contributed by atoms with Crippen molar-refractivity contribution in [3.8, 4) is 0 Å². The number of piperidine rings is 1. The second kappa shape index (κ2) is 6.81. The Balaban J connectivity index is 2.14. The minimum absolute atomic E-state index is 0.0922. The molecule has 1 aromatic carbocycles. The highest BCUT2D eigenvalue weighted by Gasteiger charge is 2.42. The molecule has 128 valence electrons. The van der Waals surface area contributed by atoms with Crippen molar-refractivity contribution in [2.45, 2.75) is 45.7 Å². The van der Waals surface area contributed by atoms with Crippen LogP contribution in [0.4, 0.5) is 23.7 Å². The van der Waals surface area contributed by atoms with E-state index in [0.29, 0.717) is 18.7 Å². The van der Waals surface area contributed by atoms with E-state index in [1.54, 1.807) is 0 Å². The van der Waals surface area contributed by atoms with Crippen LogP contribution < -0.4 is 5.32 Å². The van der Waals surface area contributed by atoms with Gasteiger partial charge in [0.05, 0.1) is 5.92 Å². The maximum atomic E-state index is 12.9. The lowest BCUT2D eigenvalue weighted by atomic mass is 9.97. The van der Waals surface area contributed by atoms with Crippen molar-refractivity contribution in [1.82, 2.24) is 4.90 Å². The monoisotopic (exact) mass is 328 g/mol. The van der Waals surface area contributed by atoms with Crippen molar-refractivity contribution in [2.75, 3.05) is 18.4 Å². The third-order valence-corrected chi connectivity index (χ3v) is 4.33. The molecule has 1 N–H and O–H groups in total. The van der Waals surface area contributed by atoms with E-state index < -0.39 is 18.1 Å². The van der Waals surface area contributed by atoms with Crippen molar-refractivity contribution in [2.24, 2.45) is 5.92 Å². The first kappa shape index (κ1) is 17.6. The molecule has 23 heavy (non-hydrogen) atoms. The first-order chi connectivity index (χ1) is 10.7. The molecule has 1 atom stereocenters. The summed E-state index contributed by atoms with van der Waals surface area (Å²) in [5.74, 6) is -1.21. The maximum absolute atomic E-state index is 12.9. The number of urea groups is 1. The van der Waals surface area contributed by atoms with Gasteiger partial charge in [0, 0.05) is 18.8 Å². The average molecular weight is 328 g/mol. The molecule has 2 amide bonds. The number of rotatable bonds is 2. The Morgan fingerprint density at radius 1 is 1.35 bits per heavy atom. The topological polar surface area (TPSA) is 32.3 Å². The molecule has 0 bridgehead atoms. The summed E-state index contributed by atoms with van der Waals surface area (Å²) >= 11 is 0. The number of halogens is 3. The lowest BCUT2D eigenvalue weighted by Gasteiger charge is -2.34. The minimum atomic E-state index is -4.25. The number of aryl methyl sites for hydroxylation is 1. The van der Waals surface area contributed by atoms with E-state index in [9.17, 15) is 18.0 Å². The van der Waals surface area contributed by atoms with Gasteiger partial charge in [-0.25, -0.2) is 4.79 Å². The standard InChI is InChI=1S/C17H23F3N2O/c1-11(2)14-8-4-6-12(3)15(14)21-16(23)22-9-5-7-13(10-22)17(18,19)20/h4,6,8,11,13H,5,7,9-10H2,1-3H3,(H,21,23)/t13-/m1/s1. The van der Waals surface area contributed by atoms with Gasteiger partial charge < -0.3 is 10.2 Å². The van der Waals surface area contributed by atoms with Crippen molar-refractivity contribution in [3.05, 3.63) is 29.3 Å². The zero-order valence-electron chi connectivity index (χ0n) is 13.7. The van der Waals surface area contributed by atoms with Crippen LogP contribution in [0.1, 0.15) is 43.7 Å². The van der Waals surface area contributed by atoms with E-state index in [2.05, 4.69) is 5.32 Å². The number of anilines is 1. The molecule has 1 aliphatic heterocycles. The molecular formula is C17H23F3N2O. The molecule has 0 saturated carbocycles. The Bertz CT molecular complexity index is 569. The number of nitrogens with one attached hydrogen (secondary N) is 1. The van der Waals surface area contributed by atoms with Gasteiger partial charge >= 0.3 is 12.2 Å². The third-order valence-electron chi connectivity index (χ3n) is 4.33. The molecule has 0 aromatic heterocycles. The molecule has 2 rings (SSSR count). The van der Waals surface area contributed by atoms with Crippen molar-refractivity contribution >= 4 is 11.7 Å². The number of benzene rings is 1. The quantitative estimate of drug-likeness (QED) is 0.821.